The van der Waals surface area contributed by atoms with Crippen molar-refractivity contribution in [2.24, 2.45) is 0 Å². The lowest BCUT2D eigenvalue weighted by molar-refractivity contribution is -0.180. The van der Waals surface area contributed by atoms with Gasteiger partial charge in [0.2, 0.25) is 0 Å². The second-order valence-corrected chi connectivity index (χ2v) is 5.51. The van der Waals surface area contributed by atoms with Gasteiger partial charge in [0.05, 0.1) is 19.8 Å². The molecule has 3 atom stereocenters. The Bertz CT molecular complexity index is 417. The lowest BCUT2D eigenvalue weighted by Gasteiger charge is -2.21. The zero-order valence-electron chi connectivity index (χ0n) is 11.4. The number of rotatable bonds is 4. The highest BCUT2D eigenvalue weighted by atomic mass is 16.8. The Labute approximate surface area is 113 Å². The van der Waals surface area contributed by atoms with Crippen molar-refractivity contribution >= 4 is 0 Å². The molecule has 0 aromatic heterocycles. The van der Waals surface area contributed by atoms with Gasteiger partial charge in [0.25, 0.3) is 0 Å². The summed E-state index contributed by atoms with van der Waals surface area (Å²) in [6.07, 6.45) is 0.00147. The molecule has 1 aromatic rings. The maximum atomic E-state index is 5.86. The summed E-state index contributed by atoms with van der Waals surface area (Å²) in [5.41, 5.74) is 1.17. The van der Waals surface area contributed by atoms with E-state index in [0.717, 1.165) is 0 Å². The topological polar surface area (TPSA) is 36.9 Å². The van der Waals surface area contributed by atoms with E-state index < -0.39 is 5.79 Å². The SMILES string of the molecule is CC1(C)OC2CO[C@H](COCc3ccccc3)C2O1. The second-order valence-electron chi connectivity index (χ2n) is 5.51. The third-order valence-electron chi connectivity index (χ3n) is 3.46. The van der Waals surface area contributed by atoms with E-state index in [1.54, 1.807) is 0 Å². The van der Waals surface area contributed by atoms with Gasteiger partial charge in [0, 0.05) is 0 Å². The van der Waals surface area contributed by atoms with Crippen molar-refractivity contribution in [2.45, 2.75) is 44.6 Å². The van der Waals surface area contributed by atoms with Crippen LogP contribution in [0.3, 0.4) is 0 Å². The Morgan fingerprint density at radius 1 is 1.21 bits per heavy atom. The van der Waals surface area contributed by atoms with Crippen LogP contribution in [0, 0.1) is 0 Å². The van der Waals surface area contributed by atoms with E-state index in [2.05, 4.69) is 12.1 Å². The van der Waals surface area contributed by atoms with Crippen LogP contribution in [0.25, 0.3) is 0 Å². The number of hydrogen-bond donors (Lipinski definition) is 0. The van der Waals surface area contributed by atoms with Gasteiger partial charge >= 0.3 is 0 Å². The molecule has 2 saturated heterocycles. The summed E-state index contributed by atoms with van der Waals surface area (Å²) in [5.74, 6) is -0.503. The van der Waals surface area contributed by atoms with Gasteiger partial charge in [-0.2, -0.15) is 0 Å². The highest BCUT2D eigenvalue weighted by Gasteiger charge is 2.50. The van der Waals surface area contributed by atoms with Gasteiger partial charge in [-0.05, 0) is 19.4 Å². The van der Waals surface area contributed by atoms with Crippen molar-refractivity contribution in [3.63, 3.8) is 0 Å². The van der Waals surface area contributed by atoms with Crippen LogP contribution in [-0.2, 0) is 25.6 Å². The normalized spacial score (nSPS) is 32.4. The van der Waals surface area contributed by atoms with E-state index in [9.17, 15) is 0 Å². The molecule has 0 amide bonds. The molecule has 0 N–H and O–H groups in total. The molecule has 2 unspecified atom stereocenters. The average Bonchev–Trinajstić information content (AvgIpc) is 2.87. The third kappa shape index (κ3) is 2.98. The molecule has 104 valence electrons. The predicted molar refractivity (Wildman–Crippen MR) is 69.7 cm³/mol. The lowest BCUT2D eigenvalue weighted by Crippen LogP contribution is -2.32. The molecular formula is C15H20O4. The van der Waals surface area contributed by atoms with Crippen LogP contribution in [0.2, 0.25) is 0 Å². The lowest BCUT2D eigenvalue weighted by atomic mass is 10.1. The Hall–Kier alpha value is -0.940. The molecule has 4 heteroatoms. The Morgan fingerprint density at radius 2 is 2.00 bits per heavy atom. The average molecular weight is 264 g/mol. The molecule has 0 spiro atoms. The molecule has 2 fully saturated rings. The van der Waals surface area contributed by atoms with Crippen LogP contribution in [0.15, 0.2) is 30.3 Å². The van der Waals surface area contributed by atoms with E-state index in [1.807, 2.05) is 32.0 Å². The maximum Gasteiger partial charge on any atom is 0.164 e. The Morgan fingerprint density at radius 3 is 2.79 bits per heavy atom. The van der Waals surface area contributed by atoms with E-state index in [4.69, 9.17) is 18.9 Å². The Kier molecular flexibility index (Phi) is 3.58. The van der Waals surface area contributed by atoms with Gasteiger partial charge in [-0.1, -0.05) is 30.3 Å². The minimum atomic E-state index is -0.503. The first-order valence-corrected chi connectivity index (χ1v) is 6.73. The highest BCUT2D eigenvalue weighted by molar-refractivity contribution is 5.13. The van der Waals surface area contributed by atoms with Crippen LogP contribution in [0.4, 0.5) is 0 Å². The summed E-state index contributed by atoms with van der Waals surface area (Å²) in [6.45, 7) is 5.60. The van der Waals surface area contributed by atoms with E-state index in [0.29, 0.717) is 19.8 Å². The van der Waals surface area contributed by atoms with Crippen LogP contribution in [-0.4, -0.2) is 37.3 Å². The van der Waals surface area contributed by atoms with Gasteiger partial charge in [-0.25, -0.2) is 0 Å². The second kappa shape index (κ2) is 5.21. The van der Waals surface area contributed by atoms with Crippen LogP contribution >= 0.6 is 0 Å². The molecule has 0 aliphatic carbocycles. The van der Waals surface area contributed by atoms with Crippen molar-refractivity contribution in [1.82, 2.24) is 0 Å². The Balaban J connectivity index is 1.49. The summed E-state index contributed by atoms with van der Waals surface area (Å²) in [5, 5.41) is 0. The fourth-order valence-corrected chi connectivity index (χ4v) is 2.63. The summed E-state index contributed by atoms with van der Waals surface area (Å²) < 4.78 is 23.0. The smallest absolute Gasteiger partial charge is 0.164 e. The largest absolute Gasteiger partial charge is 0.374 e. The van der Waals surface area contributed by atoms with E-state index in [1.165, 1.54) is 5.56 Å². The van der Waals surface area contributed by atoms with Crippen LogP contribution < -0.4 is 0 Å². The molecule has 2 aliphatic heterocycles. The number of ether oxygens (including phenoxy) is 4. The van der Waals surface area contributed by atoms with Crippen molar-refractivity contribution in [1.29, 1.82) is 0 Å². The van der Waals surface area contributed by atoms with Gasteiger partial charge in [0.15, 0.2) is 5.79 Å². The molecule has 0 bridgehead atoms. The zero-order chi connectivity index (χ0) is 13.3. The van der Waals surface area contributed by atoms with Crippen molar-refractivity contribution in [2.75, 3.05) is 13.2 Å². The summed E-state index contributed by atoms with van der Waals surface area (Å²) in [7, 11) is 0. The van der Waals surface area contributed by atoms with Crippen LogP contribution in [0.1, 0.15) is 19.4 Å². The minimum Gasteiger partial charge on any atom is -0.374 e. The van der Waals surface area contributed by atoms with Crippen molar-refractivity contribution < 1.29 is 18.9 Å². The molecule has 4 nitrogen and oxygen atoms in total. The highest BCUT2D eigenvalue weighted by Crippen LogP contribution is 2.35. The van der Waals surface area contributed by atoms with E-state index in [-0.39, 0.29) is 18.3 Å². The quantitative estimate of drug-likeness (QED) is 0.834. The van der Waals surface area contributed by atoms with Gasteiger partial charge in [-0.15, -0.1) is 0 Å². The molecule has 19 heavy (non-hydrogen) atoms. The summed E-state index contributed by atoms with van der Waals surface area (Å²) in [6, 6.07) is 10.1. The summed E-state index contributed by atoms with van der Waals surface area (Å²) in [4.78, 5) is 0. The van der Waals surface area contributed by atoms with Crippen LogP contribution in [0.5, 0.6) is 0 Å². The number of benzene rings is 1. The molecule has 2 heterocycles. The maximum absolute atomic E-state index is 5.86. The molecule has 1 aromatic carbocycles. The standard InChI is InChI=1S/C15H20O4/c1-15(2)18-13-10-17-12(14(13)19-15)9-16-8-11-6-4-3-5-7-11/h3-7,12-14H,8-10H2,1-2H3/t12-,13?,14?/m1/s1. The minimum absolute atomic E-state index is 0.00854. The fourth-order valence-electron chi connectivity index (χ4n) is 2.63. The third-order valence-corrected chi connectivity index (χ3v) is 3.46. The first-order valence-electron chi connectivity index (χ1n) is 6.73. The monoisotopic (exact) mass is 264 g/mol. The van der Waals surface area contributed by atoms with Gasteiger partial charge in [0.1, 0.15) is 18.3 Å². The molecule has 3 rings (SSSR count). The van der Waals surface area contributed by atoms with Gasteiger partial charge < -0.3 is 18.9 Å². The van der Waals surface area contributed by atoms with Crippen molar-refractivity contribution in [3.8, 4) is 0 Å². The molecule has 0 saturated carbocycles. The number of fused-ring (bicyclic) bond motifs is 1. The number of hydrogen-bond acceptors (Lipinski definition) is 4. The molecular weight excluding hydrogens is 244 g/mol. The first kappa shape index (κ1) is 13.1. The van der Waals surface area contributed by atoms with Gasteiger partial charge in [-0.3, -0.25) is 0 Å². The molecule has 0 radical (unpaired) electrons. The summed E-state index contributed by atoms with van der Waals surface area (Å²) >= 11 is 0. The predicted octanol–water partition coefficient (Wildman–Crippen LogP) is 2.12. The van der Waals surface area contributed by atoms with Crippen molar-refractivity contribution in [3.05, 3.63) is 35.9 Å². The van der Waals surface area contributed by atoms with E-state index >= 15 is 0 Å². The molecule has 2 aliphatic rings. The first-order chi connectivity index (χ1) is 9.14. The zero-order valence-corrected chi connectivity index (χ0v) is 11.4. The fraction of sp³-hybridized carbons (Fsp3) is 0.600.